The third-order valence-corrected chi connectivity index (χ3v) is 3.85. The Labute approximate surface area is 128 Å². The van der Waals surface area contributed by atoms with Crippen molar-refractivity contribution < 1.29 is 15.1 Å². The van der Waals surface area contributed by atoms with E-state index in [1.165, 1.54) is 41.8 Å². The smallest absolute Gasteiger partial charge is 0.270 e. The standard InChI is InChI=1S/C14H9N3O4S/c18-10-5-4-9(17(20)21)6-8(10)7-15-14-16-13-11(19)2-1-3-12(13)22-14/h1-7,18-19H. The lowest BCUT2D eigenvalue weighted by Gasteiger charge is -1.97. The number of para-hydroxylation sites is 1. The van der Waals surface area contributed by atoms with Gasteiger partial charge in [-0.1, -0.05) is 17.4 Å². The van der Waals surface area contributed by atoms with Crippen LogP contribution in [-0.4, -0.2) is 26.3 Å². The van der Waals surface area contributed by atoms with Crippen LogP contribution >= 0.6 is 11.3 Å². The Bertz CT molecular complexity index is 904. The van der Waals surface area contributed by atoms with Crippen LogP contribution in [0.15, 0.2) is 41.4 Å². The molecule has 0 fully saturated rings. The van der Waals surface area contributed by atoms with Crippen LogP contribution in [0.4, 0.5) is 10.8 Å². The van der Waals surface area contributed by atoms with Gasteiger partial charge in [0.15, 0.2) is 0 Å². The molecule has 3 aromatic rings. The van der Waals surface area contributed by atoms with Crippen molar-refractivity contribution in [3.63, 3.8) is 0 Å². The van der Waals surface area contributed by atoms with Crippen molar-refractivity contribution >= 4 is 38.6 Å². The Hall–Kier alpha value is -3.00. The maximum atomic E-state index is 10.7. The van der Waals surface area contributed by atoms with Gasteiger partial charge in [-0.3, -0.25) is 10.1 Å². The van der Waals surface area contributed by atoms with Gasteiger partial charge in [-0.05, 0) is 18.2 Å². The van der Waals surface area contributed by atoms with Gasteiger partial charge in [0.25, 0.3) is 5.69 Å². The van der Waals surface area contributed by atoms with Crippen LogP contribution < -0.4 is 0 Å². The van der Waals surface area contributed by atoms with Crippen molar-refractivity contribution in [1.82, 2.24) is 4.98 Å². The first-order valence-corrected chi connectivity index (χ1v) is 6.96. The highest BCUT2D eigenvalue weighted by atomic mass is 32.1. The number of phenols is 2. The molecule has 0 radical (unpaired) electrons. The first kappa shape index (κ1) is 14.0. The Kier molecular flexibility index (Phi) is 3.43. The summed E-state index contributed by atoms with van der Waals surface area (Å²) >= 11 is 1.26. The summed E-state index contributed by atoms with van der Waals surface area (Å²) in [7, 11) is 0. The van der Waals surface area contributed by atoms with Gasteiger partial charge >= 0.3 is 0 Å². The number of benzene rings is 2. The number of hydrogen-bond acceptors (Lipinski definition) is 7. The first-order chi connectivity index (χ1) is 10.5. The van der Waals surface area contributed by atoms with Crippen molar-refractivity contribution in [2.75, 3.05) is 0 Å². The van der Waals surface area contributed by atoms with E-state index in [-0.39, 0.29) is 22.7 Å². The molecule has 2 aromatic carbocycles. The van der Waals surface area contributed by atoms with Gasteiger partial charge < -0.3 is 10.2 Å². The zero-order valence-corrected chi connectivity index (χ0v) is 11.8. The molecule has 1 heterocycles. The van der Waals surface area contributed by atoms with Crippen molar-refractivity contribution in [3.05, 3.63) is 52.1 Å². The number of aliphatic imine (C=N–C) groups is 1. The predicted molar refractivity (Wildman–Crippen MR) is 83.3 cm³/mol. The van der Waals surface area contributed by atoms with Crippen LogP contribution in [0, 0.1) is 10.1 Å². The van der Waals surface area contributed by atoms with Gasteiger partial charge in [-0.25, -0.2) is 9.98 Å². The molecular formula is C14H9N3O4S. The van der Waals surface area contributed by atoms with Gasteiger partial charge in [-0.15, -0.1) is 0 Å². The Morgan fingerprint density at radius 2 is 2.05 bits per heavy atom. The monoisotopic (exact) mass is 315 g/mol. The maximum absolute atomic E-state index is 10.7. The lowest BCUT2D eigenvalue weighted by molar-refractivity contribution is -0.384. The highest BCUT2D eigenvalue weighted by Gasteiger charge is 2.10. The molecule has 7 nitrogen and oxygen atoms in total. The molecule has 0 bridgehead atoms. The topological polar surface area (TPSA) is 109 Å². The second kappa shape index (κ2) is 5.41. The number of phenolic OH excluding ortho intramolecular Hbond substituents is 2. The van der Waals surface area contributed by atoms with E-state index < -0.39 is 4.92 Å². The molecule has 8 heteroatoms. The molecule has 110 valence electrons. The number of nitro groups is 1. The Morgan fingerprint density at radius 3 is 2.77 bits per heavy atom. The summed E-state index contributed by atoms with van der Waals surface area (Å²) in [5.41, 5.74) is 0.529. The molecule has 0 aliphatic heterocycles. The minimum Gasteiger partial charge on any atom is -0.507 e. The maximum Gasteiger partial charge on any atom is 0.270 e. The van der Waals surface area contributed by atoms with Crippen LogP contribution in [0.1, 0.15) is 5.56 Å². The third kappa shape index (κ3) is 2.59. The lowest BCUT2D eigenvalue weighted by atomic mass is 10.2. The van der Waals surface area contributed by atoms with E-state index in [1.54, 1.807) is 12.1 Å². The number of fused-ring (bicyclic) bond motifs is 1. The van der Waals surface area contributed by atoms with Crippen molar-refractivity contribution in [1.29, 1.82) is 0 Å². The van der Waals surface area contributed by atoms with Gasteiger partial charge in [0.2, 0.25) is 5.13 Å². The molecule has 1 aromatic heterocycles. The number of hydrogen-bond donors (Lipinski definition) is 2. The fourth-order valence-electron chi connectivity index (χ4n) is 1.86. The zero-order valence-electron chi connectivity index (χ0n) is 11.0. The van der Waals surface area contributed by atoms with Gasteiger partial charge in [-0.2, -0.15) is 0 Å². The molecule has 0 saturated heterocycles. The van der Waals surface area contributed by atoms with Crippen LogP contribution in [0.5, 0.6) is 11.5 Å². The van der Waals surface area contributed by atoms with E-state index in [0.29, 0.717) is 10.6 Å². The van der Waals surface area contributed by atoms with Crippen LogP contribution in [-0.2, 0) is 0 Å². The first-order valence-electron chi connectivity index (χ1n) is 6.14. The number of nitrogens with zero attached hydrogens (tertiary/aromatic N) is 3. The summed E-state index contributed by atoms with van der Waals surface area (Å²) < 4.78 is 0.774. The summed E-state index contributed by atoms with van der Waals surface area (Å²) in [4.78, 5) is 18.5. The van der Waals surface area contributed by atoms with Crippen LogP contribution in [0.3, 0.4) is 0 Å². The summed E-state index contributed by atoms with van der Waals surface area (Å²) in [5.74, 6) is -0.0493. The highest BCUT2D eigenvalue weighted by Crippen LogP contribution is 2.33. The second-order valence-corrected chi connectivity index (χ2v) is 5.39. The molecule has 0 amide bonds. The van der Waals surface area contributed by atoms with Crippen molar-refractivity contribution in [3.8, 4) is 11.5 Å². The Morgan fingerprint density at radius 1 is 1.23 bits per heavy atom. The van der Waals surface area contributed by atoms with Gasteiger partial charge in [0.1, 0.15) is 17.0 Å². The summed E-state index contributed by atoms with van der Waals surface area (Å²) in [5, 5.41) is 30.5. The molecule has 0 aliphatic rings. The molecule has 3 rings (SSSR count). The molecule has 22 heavy (non-hydrogen) atoms. The molecule has 0 unspecified atom stereocenters. The fourth-order valence-corrected chi connectivity index (χ4v) is 2.69. The molecular weight excluding hydrogens is 306 g/mol. The van der Waals surface area contributed by atoms with Crippen molar-refractivity contribution in [2.24, 2.45) is 4.99 Å². The number of aromatic nitrogens is 1. The normalized spacial score (nSPS) is 11.3. The summed E-state index contributed by atoms with van der Waals surface area (Å²) in [6, 6.07) is 8.71. The number of rotatable bonds is 3. The number of aromatic hydroxyl groups is 2. The van der Waals surface area contributed by atoms with Crippen LogP contribution in [0.2, 0.25) is 0 Å². The molecule has 2 N–H and O–H groups in total. The van der Waals surface area contributed by atoms with E-state index in [9.17, 15) is 20.3 Å². The third-order valence-electron chi connectivity index (χ3n) is 2.92. The zero-order chi connectivity index (χ0) is 15.7. The molecule has 0 saturated carbocycles. The molecule has 0 spiro atoms. The SMILES string of the molecule is O=[N+]([O-])c1ccc(O)c(C=Nc2nc3c(O)cccc3s2)c1. The van der Waals surface area contributed by atoms with Crippen molar-refractivity contribution in [2.45, 2.75) is 0 Å². The predicted octanol–water partition coefficient (Wildman–Crippen LogP) is 3.37. The van der Waals surface area contributed by atoms with Gasteiger partial charge in [0.05, 0.1) is 9.62 Å². The van der Waals surface area contributed by atoms with E-state index in [0.717, 1.165) is 4.70 Å². The average molecular weight is 315 g/mol. The minimum atomic E-state index is -0.549. The summed E-state index contributed by atoms with van der Waals surface area (Å²) in [6.45, 7) is 0. The molecule has 0 aliphatic carbocycles. The number of nitro benzene ring substituents is 1. The van der Waals surface area contributed by atoms with Gasteiger partial charge in [0, 0.05) is 23.9 Å². The summed E-state index contributed by atoms with van der Waals surface area (Å²) in [6.07, 6.45) is 1.30. The lowest BCUT2D eigenvalue weighted by Crippen LogP contribution is -1.90. The second-order valence-electron chi connectivity index (χ2n) is 4.38. The van der Waals surface area contributed by atoms with E-state index >= 15 is 0 Å². The largest absolute Gasteiger partial charge is 0.507 e. The van der Waals surface area contributed by atoms with Crippen LogP contribution in [0.25, 0.3) is 10.2 Å². The van der Waals surface area contributed by atoms with E-state index in [2.05, 4.69) is 9.98 Å². The number of non-ortho nitro benzene ring substituents is 1. The quantitative estimate of drug-likeness (QED) is 0.437. The minimum absolute atomic E-state index is 0.0633. The fraction of sp³-hybridized carbons (Fsp3) is 0. The van der Waals surface area contributed by atoms with E-state index in [1.807, 2.05) is 0 Å². The molecule has 0 atom stereocenters. The average Bonchev–Trinajstić information content (AvgIpc) is 2.90. The Balaban J connectivity index is 1.97. The highest BCUT2D eigenvalue weighted by molar-refractivity contribution is 7.22. The number of thiazole rings is 1. The van der Waals surface area contributed by atoms with E-state index in [4.69, 9.17) is 0 Å².